The molecule has 0 spiro atoms. The fourth-order valence-electron chi connectivity index (χ4n) is 2.29. The summed E-state index contributed by atoms with van der Waals surface area (Å²) in [6.07, 6.45) is 0. The van der Waals surface area contributed by atoms with Crippen LogP contribution < -0.4 is 14.2 Å². The number of rotatable bonds is 4. The number of thiophene rings is 1. The monoisotopic (exact) mass is 406 g/mol. The van der Waals surface area contributed by atoms with Gasteiger partial charge in [0.25, 0.3) is 0 Å². The van der Waals surface area contributed by atoms with E-state index in [1.165, 1.54) is 0 Å². The Morgan fingerprint density at radius 2 is 1.54 bits per heavy atom. The number of fused-ring (bicyclic) bond motifs is 1. The van der Waals surface area contributed by atoms with Crippen LogP contribution in [-0.2, 0) is 0 Å². The third-order valence-electron chi connectivity index (χ3n) is 3.28. The van der Waals surface area contributed by atoms with Gasteiger partial charge < -0.3 is 14.2 Å². The quantitative estimate of drug-likeness (QED) is 0.485. The van der Waals surface area contributed by atoms with Gasteiger partial charge in [0, 0.05) is 10.1 Å². The van der Waals surface area contributed by atoms with E-state index in [9.17, 15) is 0 Å². The lowest BCUT2D eigenvalue weighted by Crippen LogP contribution is -2.22. The van der Waals surface area contributed by atoms with Gasteiger partial charge in [-0.25, -0.2) is 0 Å². The zero-order valence-corrected chi connectivity index (χ0v) is 16.5. The summed E-state index contributed by atoms with van der Waals surface area (Å²) in [6.45, 7) is 6.08. The van der Waals surface area contributed by atoms with E-state index < -0.39 is 0 Å². The normalized spacial score (nSPS) is 11.5. The highest BCUT2D eigenvalue weighted by atomic mass is 79.9. The number of hydrogen-bond donors (Lipinski definition) is 0. The van der Waals surface area contributed by atoms with Crippen LogP contribution in [0.5, 0.6) is 23.0 Å². The van der Waals surface area contributed by atoms with E-state index in [2.05, 4.69) is 15.9 Å². The van der Waals surface area contributed by atoms with Crippen LogP contribution in [0, 0.1) is 0 Å². The third kappa shape index (κ3) is 3.84. The van der Waals surface area contributed by atoms with Gasteiger partial charge in [-0.3, -0.25) is 0 Å². The summed E-state index contributed by atoms with van der Waals surface area (Å²) in [5, 5.41) is 1.06. The molecule has 0 aliphatic heterocycles. The van der Waals surface area contributed by atoms with E-state index in [-0.39, 0.29) is 5.60 Å². The van der Waals surface area contributed by atoms with E-state index in [1.54, 1.807) is 18.4 Å². The molecule has 2 aromatic carbocycles. The van der Waals surface area contributed by atoms with Crippen LogP contribution in [-0.4, -0.2) is 12.7 Å². The third-order valence-corrected chi connectivity index (χ3v) is 5.05. The minimum absolute atomic E-state index is 0.214. The van der Waals surface area contributed by atoms with Gasteiger partial charge in [-0.05, 0) is 79.2 Å². The van der Waals surface area contributed by atoms with Crippen LogP contribution in [0.2, 0.25) is 0 Å². The van der Waals surface area contributed by atoms with Crippen molar-refractivity contribution in [3.05, 3.63) is 46.3 Å². The molecular weight excluding hydrogens is 388 g/mol. The molecular formula is C19H19BrO3S. The van der Waals surface area contributed by atoms with E-state index in [0.717, 1.165) is 36.9 Å². The molecule has 1 heterocycles. The van der Waals surface area contributed by atoms with Crippen molar-refractivity contribution in [3.63, 3.8) is 0 Å². The second-order valence-corrected chi connectivity index (χ2v) is 8.72. The lowest BCUT2D eigenvalue weighted by molar-refractivity contribution is 0.131. The molecule has 24 heavy (non-hydrogen) atoms. The Kier molecular flexibility index (Phi) is 4.74. The Morgan fingerprint density at radius 1 is 0.917 bits per heavy atom. The molecule has 0 fully saturated rings. The van der Waals surface area contributed by atoms with Crippen molar-refractivity contribution in [3.8, 4) is 23.0 Å². The molecule has 0 atom stereocenters. The molecule has 3 aromatic rings. The van der Waals surface area contributed by atoms with Gasteiger partial charge in [-0.15, -0.1) is 11.3 Å². The fraction of sp³-hybridized carbons (Fsp3) is 0.263. The average molecular weight is 407 g/mol. The Balaban J connectivity index is 1.86. The van der Waals surface area contributed by atoms with Crippen LogP contribution >= 0.6 is 27.3 Å². The first-order valence-electron chi connectivity index (χ1n) is 7.59. The smallest absolute Gasteiger partial charge is 0.160 e. The van der Waals surface area contributed by atoms with Crippen LogP contribution in [0.1, 0.15) is 20.8 Å². The molecule has 5 heteroatoms. The van der Waals surface area contributed by atoms with Gasteiger partial charge in [0.1, 0.15) is 26.6 Å². The zero-order valence-electron chi connectivity index (χ0n) is 14.1. The maximum Gasteiger partial charge on any atom is 0.160 e. The van der Waals surface area contributed by atoms with Crippen LogP contribution in [0.4, 0.5) is 0 Å². The van der Waals surface area contributed by atoms with Gasteiger partial charge in [0.15, 0.2) is 5.75 Å². The maximum atomic E-state index is 6.09. The minimum atomic E-state index is -0.214. The molecule has 126 valence electrons. The summed E-state index contributed by atoms with van der Waals surface area (Å²) in [5.74, 6) is 3.26. The average Bonchev–Trinajstić information content (AvgIpc) is 2.82. The van der Waals surface area contributed by atoms with Gasteiger partial charge in [0.05, 0.1) is 7.11 Å². The summed E-state index contributed by atoms with van der Waals surface area (Å²) >= 11 is 5.22. The van der Waals surface area contributed by atoms with Crippen molar-refractivity contribution in [1.29, 1.82) is 0 Å². The van der Waals surface area contributed by atoms with Crippen molar-refractivity contribution in [2.24, 2.45) is 0 Å². The standard InChI is InChI=1S/C19H19BrO3S/c1-19(2,3)23-13-7-5-12(6-8-13)22-17-15-10-9-14(21-4)11-16(15)24-18(17)20/h5-11H,1-4H3. The summed E-state index contributed by atoms with van der Waals surface area (Å²) < 4.78 is 19.3. The Labute approximate surface area is 154 Å². The largest absolute Gasteiger partial charge is 0.497 e. The van der Waals surface area contributed by atoms with Crippen molar-refractivity contribution in [2.45, 2.75) is 26.4 Å². The molecule has 3 nitrogen and oxygen atoms in total. The van der Waals surface area contributed by atoms with Gasteiger partial charge >= 0.3 is 0 Å². The summed E-state index contributed by atoms with van der Waals surface area (Å²) in [4.78, 5) is 0. The number of ether oxygens (including phenoxy) is 3. The Morgan fingerprint density at radius 3 is 2.17 bits per heavy atom. The highest BCUT2D eigenvalue weighted by Gasteiger charge is 2.14. The first-order chi connectivity index (χ1) is 11.4. The predicted molar refractivity (Wildman–Crippen MR) is 103 cm³/mol. The molecule has 0 saturated heterocycles. The van der Waals surface area contributed by atoms with Gasteiger partial charge in [0.2, 0.25) is 0 Å². The summed E-state index contributed by atoms with van der Waals surface area (Å²) in [5.41, 5.74) is -0.214. The second kappa shape index (κ2) is 6.65. The molecule has 0 radical (unpaired) electrons. The molecule has 0 amide bonds. The molecule has 0 N–H and O–H groups in total. The molecule has 0 aliphatic rings. The highest BCUT2D eigenvalue weighted by molar-refractivity contribution is 9.11. The van der Waals surface area contributed by atoms with Crippen LogP contribution in [0.3, 0.4) is 0 Å². The SMILES string of the molecule is COc1ccc2c(Oc3ccc(OC(C)(C)C)cc3)c(Br)sc2c1. The fourth-order valence-corrected chi connectivity index (χ4v) is 3.99. The van der Waals surface area contributed by atoms with Crippen LogP contribution in [0.25, 0.3) is 10.1 Å². The van der Waals surface area contributed by atoms with E-state index >= 15 is 0 Å². The molecule has 0 unspecified atom stereocenters. The number of halogens is 1. The highest BCUT2D eigenvalue weighted by Crippen LogP contribution is 2.44. The predicted octanol–water partition coefficient (Wildman–Crippen LogP) is 6.64. The summed E-state index contributed by atoms with van der Waals surface area (Å²) in [7, 11) is 1.67. The zero-order chi connectivity index (χ0) is 17.3. The molecule has 1 aromatic heterocycles. The number of benzene rings is 2. The van der Waals surface area contributed by atoms with Crippen molar-refractivity contribution in [2.75, 3.05) is 7.11 Å². The number of hydrogen-bond acceptors (Lipinski definition) is 4. The molecule has 3 rings (SSSR count). The topological polar surface area (TPSA) is 27.7 Å². The van der Waals surface area contributed by atoms with E-state index in [4.69, 9.17) is 14.2 Å². The Bertz CT molecular complexity index is 847. The lowest BCUT2D eigenvalue weighted by atomic mass is 10.2. The van der Waals surface area contributed by atoms with E-state index in [0.29, 0.717) is 0 Å². The molecule has 0 bridgehead atoms. The molecule has 0 aliphatic carbocycles. The van der Waals surface area contributed by atoms with Crippen molar-refractivity contribution >= 4 is 37.4 Å². The Hall–Kier alpha value is -1.72. The van der Waals surface area contributed by atoms with Gasteiger partial charge in [-0.2, -0.15) is 0 Å². The number of methoxy groups -OCH3 is 1. The first-order valence-corrected chi connectivity index (χ1v) is 9.19. The lowest BCUT2D eigenvalue weighted by Gasteiger charge is -2.21. The second-order valence-electron chi connectivity index (χ2n) is 6.35. The first kappa shape index (κ1) is 17.1. The van der Waals surface area contributed by atoms with Crippen molar-refractivity contribution < 1.29 is 14.2 Å². The maximum absolute atomic E-state index is 6.09. The minimum Gasteiger partial charge on any atom is -0.497 e. The van der Waals surface area contributed by atoms with Gasteiger partial charge in [-0.1, -0.05) is 0 Å². The molecule has 0 saturated carbocycles. The van der Waals surface area contributed by atoms with Crippen LogP contribution in [0.15, 0.2) is 46.3 Å². The van der Waals surface area contributed by atoms with E-state index in [1.807, 2.05) is 63.2 Å². The van der Waals surface area contributed by atoms with Crippen molar-refractivity contribution in [1.82, 2.24) is 0 Å². The summed E-state index contributed by atoms with van der Waals surface area (Å²) in [6, 6.07) is 13.6.